The first-order valence-electron chi connectivity index (χ1n) is 8.21. The monoisotopic (exact) mass is 363 g/mol. The maximum atomic E-state index is 13.0. The maximum Gasteiger partial charge on any atom is 0.251 e. The average Bonchev–Trinajstić information content (AvgIpc) is 2.55. The van der Waals surface area contributed by atoms with E-state index in [0.717, 1.165) is 24.1 Å². The third-order valence-electron chi connectivity index (χ3n) is 3.67. The molecular weight excluding hydrogens is 341 g/mol. The largest absolute Gasteiger partial charge is 0.349 e. The fourth-order valence-electron chi connectivity index (χ4n) is 2.31. The molecule has 1 amide bonds. The van der Waals surface area contributed by atoms with E-state index in [9.17, 15) is 14.0 Å². The van der Waals surface area contributed by atoms with Gasteiger partial charge in [-0.05, 0) is 38.0 Å². The van der Waals surface area contributed by atoms with Crippen LogP contribution in [-0.2, 0) is 11.2 Å². The summed E-state index contributed by atoms with van der Waals surface area (Å²) in [7, 11) is 0. The van der Waals surface area contributed by atoms with Gasteiger partial charge in [0.05, 0.1) is 11.3 Å². The number of halogens is 1. The molecule has 0 bridgehead atoms. The first-order chi connectivity index (χ1) is 11.9. The third-order valence-corrected chi connectivity index (χ3v) is 4.65. The SMILES string of the molecule is CCCc1cc(=O)[nH]c(SC(C)C(=O)NC(C)c2ccc(F)cc2)n1. The van der Waals surface area contributed by atoms with Gasteiger partial charge in [0.25, 0.3) is 5.56 Å². The summed E-state index contributed by atoms with van der Waals surface area (Å²) in [6, 6.07) is 7.26. The average molecular weight is 363 g/mol. The van der Waals surface area contributed by atoms with Gasteiger partial charge in [0.15, 0.2) is 5.16 Å². The normalized spacial score (nSPS) is 13.3. The van der Waals surface area contributed by atoms with Crippen LogP contribution >= 0.6 is 11.8 Å². The Bertz CT molecular complexity index is 777. The van der Waals surface area contributed by atoms with Crippen LogP contribution in [0.5, 0.6) is 0 Å². The molecule has 2 rings (SSSR count). The van der Waals surface area contributed by atoms with Gasteiger partial charge in [0, 0.05) is 11.8 Å². The number of hydrogen-bond acceptors (Lipinski definition) is 4. The van der Waals surface area contributed by atoms with Crippen molar-refractivity contribution in [1.82, 2.24) is 15.3 Å². The summed E-state index contributed by atoms with van der Waals surface area (Å²) in [5.74, 6) is -0.487. The standard InChI is InChI=1S/C18H22FN3O2S/c1-4-5-15-10-16(23)22-18(21-15)25-12(3)17(24)20-11(2)13-6-8-14(19)9-7-13/h6-12H,4-5H2,1-3H3,(H,20,24)(H,21,22,23). The lowest BCUT2D eigenvalue weighted by molar-refractivity contribution is -0.120. The van der Waals surface area contributed by atoms with E-state index in [0.29, 0.717) is 5.16 Å². The van der Waals surface area contributed by atoms with E-state index in [1.54, 1.807) is 19.1 Å². The Balaban J connectivity index is 2.00. The van der Waals surface area contributed by atoms with Gasteiger partial charge in [-0.1, -0.05) is 37.2 Å². The van der Waals surface area contributed by atoms with Crippen LogP contribution in [0.4, 0.5) is 4.39 Å². The van der Waals surface area contributed by atoms with Crippen LogP contribution in [0.15, 0.2) is 40.3 Å². The number of carbonyl (C=O) groups excluding carboxylic acids is 1. The van der Waals surface area contributed by atoms with E-state index >= 15 is 0 Å². The Hall–Kier alpha value is -2.15. The van der Waals surface area contributed by atoms with Crippen molar-refractivity contribution < 1.29 is 9.18 Å². The molecule has 1 aromatic heterocycles. The summed E-state index contributed by atoms with van der Waals surface area (Å²) >= 11 is 1.21. The van der Waals surface area contributed by atoms with Crippen LogP contribution in [0.2, 0.25) is 0 Å². The Labute approximate surface area is 150 Å². The van der Waals surface area contributed by atoms with E-state index in [1.807, 2.05) is 13.8 Å². The van der Waals surface area contributed by atoms with Crippen LogP contribution in [0, 0.1) is 5.82 Å². The highest BCUT2D eigenvalue weighted by atomic mass is 32.2. The molecule has 0 radical (unpaired) electrons. The van der Waals surface area contributed by atoms with Crippen molar-refractivity contribution in [3.63, 3.8) is 0 Å². The number of rotatable bonds is 7. The van der Waals surface area contributed by atoms with Gasteiger partial charge in [-0.3, -0.25) is 9.59 Å². The minimum Gasteiger partial charge on any atom is -0.349 e. The number of H-pyrrole nitrogens is 1. The fourth-order valence-corrected chi connectivity index (χ4v) is 3.15. The summed E-state index contributed by atoms with van der Waals surface area (Å²) in [5, 5.41) is 2.90. The molecule has 0 spiro atoms. The van der Waals surface area contributed by atoms with Crippen molar-refractivity contribution in [2.75, 3.05) is 0 Å². The topological polar surface area (TPSA) is 74.8 Å². The number of nitrogens with one attached hydrogen (secondary N) is 2. The summed E-state index contributed by atoms with van der Waals surface area (Å²) in [6.07, 6.45) is 1.62. The minimum atomic E-state index is -0.428. The molecule has 1 heterocycles. The van der Waals surface area contributed by atoms with E-state index in [4.69, 9.17) is 0 Å². The lowest BCUT2D eigenvalue weighted by Crippen LogP contribution is -2.33. The first kappa shape index (κ1) is 19.2. The van der Waals surface area contributed by atoms with Gasteiger partial charge in [0.2, 0.25) is 5.91 Å². The second kappa shape index (κ2) is 8.80. The van der Waals surface area contributed by atoms with Gasteiger partial charge >= 0.3 is 0 Å². The molecule has 5 nitrogen and oxygen atoms in total. The Morgan fingerprint density at radius 3 is 2.64 bits per heavy atom. The summed E-state index contributed by atoms with van der Waals surface area (Å²) in [6.45, 7) is 5.61. The Kier molecular flexibility index (Phi) is 6.75. The number of amides is 1. The Morgan fingerprint density at radius 1 is 1.32 bits per heavy atom. The van der Waals surface area contributed by atoms with E-state index in [-0.39, 0.29) is 23.3 Å². The second-order valence-electron chi connectivity index (χ2n) is 5.83. The predicted octanol–water partition coefficient (Wildman–Crippen LogP) is 3.22. The first-order valence-corrected chi connectivity index (χ1v) is 9.09. The molecule has 0 saturated carbocycles. The van der Waals surface area contributed by atoms with Crippen molar-refractivity contribution in [3.8, 4) is 0 Å². The highest BCUT2D eigenvalue weighted by molar-refractivity contribution is 8.00. The molecular formula is C18H22FN3O2S. The van der Waals surface area contributed by atoms with Gasteiger partial charge in [0.1, 0.15) is 5.82 Å². The minimum absolute atomic E-state index is 0.176. The van der Waals surface area contributed by atoms with Crippen molar-refractivity contribution in [1.29, 1.82) is 0 Å². The number of nitrogens with zero attached hydrogens (tertiary/aromatic N) is 1. The number of aromatic nitrogens is 2. The number of aromatic amines is 1. The molecule has 2 unspecified atom stereocenters. The molecule has 0 aliphatic rings. The molecule has 1 aromatic carbocycles. The number of aryl methyl sites for hydroxylation is 1. The lowest BCUT2D eigenvalue weighted by Gasteiger charge is -2.17. The predicted molar refractivity (Wildman–Crippen MR) is 97.1 cm³/mol. The molecule has 0 aliphatic heterocycles. The van der Waals surface area contributed by atoms with Crippen molar-refractivity contribution in [2.24, 2.45) is 0 Å². The van der Waals surface area contributed by atoms with Crippen LogP contribution < -0.4 is 10.9 Å². The third kappa shape index (κ3) is 5.70. The van der Waals surface area contributed by atoms with Gasteiger partial charge in [-0.25, -0.2) is 9.37 Å². The highest BCUT2D eigenvalue weighted by Crippen LogP contribution is 2.20. The quantitative estimate of drug-likeness (QED) is 0.585. The smallest absolute Gasteiger partial charge is 0.251 e. The number of carbonyl (C=O) groups is 1. The lowest BCUT2D eigenvalue weighted by atomic mass is 10.1. The van der Waals surface area contributed by atoms with Crippen molar-refractivity contribution in [2.45, 2.75) is 50.1 Å². The number of benzene rings is 1. The van der Waals surface area contributed by atoms with Gasteiger partial charge < -0.3 is 10.3 Å². The summed E-state index contributed by atoms with van der Waals surface area (Å²) in [5.41, 5.74) is 1.33. The molecule has 2 aromatic rings. The van der Waals surface area contributed by atoms with Crippen LogP contribution in [0.25, 0.3) is 0 Å². The number of hydrogen-bond donors (Lipinski definition) is 2. The molecule has 2 N–H and O–H groups in total. The maximum absolute atomic E-state index is 13.0. The van der Waals surface area contributed by atoms with Crippen LogP contribution in [0.1, 0.15) is 44.5 Å². The van der Waals surface area contributed by atoms with Gasteiger partial charge in [-0.2, -0.15) is 0 Å². The van der Waals surface area contributed by atoms with E-state index < -0.39 is 5.25 Å². The fraction of sp³-hybridized carbons (Fsp3) is 0.389. The summed E-state index contributed by atoms with van der Waals surface area (Å²) in [4.78, 5) is 31.1. The molecule has 2 atom stereocenters. The van der Waals surface area contributed by atoms with E-state index in [1.165, 1.54) is 30.0 Å². The second-order valence-corrected chi connectivity index (χ2v) is 7.16. The molecule has 134 valence electrons. The molecule has 0 aliphatic carbocycles. The zero-order valence-corrected chi connectivity index (χ0v) is 15.3. The van der Waals surface area contributed by atoms with Crippen molar-refractivity contribution in [3.05, 3.63) is 57.8 Å². The van der Waals surface area contributed by atoms with Crippen LogP contribution in [0.3, 0.4) is 0 Å². The van der Waals surface area contributed by atoms with Crippen LogP contribution in [-0.4, -0.2) is 21.1 Å². The van der Waals surface area contributed by atoms with Gasteiger partial charge in [-0.15, -0.1) is 0 Å². The molecule has 0 saturated heterocycles. The Morgan fingerprint density at radius 2 is 2.00 bits per heavy atom. The zero-order chi connectivity index (χ0) is 18.4. The molecule has 25 heavy (non-hydrogen) atoms. The van der Waals surface area contributed by atoms with E-state index in [2.05, 4.69) is 15.3 Å². The summed E-state index contributed by atoms with van der Waals surface area (Å²) < 4.78 is 13.0. The van der Waals surface area contributed by atoms with Crippen molar-refractivity contribution >= 4 is 17.7 Å². The highest BCUT2D eigenvalue weighted by Gasteiger charge is 2.18. The molecule has 0 fully saturated rings. The number of thioether (sulfide) groups is 1. The zero-order valence-electron chi connectivity index (χ0n) is 14.5. The molecule has 7 heteroatoms.